The lowest BCUT2D eigenvalue weighted by Crippen LogP contribution is -2.18. The average molecular weight is 207 g/mol. The summed E-state index contributed by atoms with van der Waals surface area (Å²) in [6.45, 7) is 0.452. The topological polar surface area (TPSA) is 20.2 Å². The lowest BCUT2D eigenvalue weighted by molar-refractivity contribution is -0.0556. The Morgan fingerprint density at radius 3 is 2.54 bits per heavy atom. The number of alkyl halides is 2. The smallest absolute Gasteiger partial charge is 0.295 e. The van der Waals surface area contributed by atoms with E-state index in [0.717, 1.165) is 0 Å². The molecule has 0 saturated carbocycles. The van der Waals surface area contributed by atoms with Crippen LogP contribution in [0.15, 0.2) is 18.2 Å². The fourth-order valence-corrected chi connectivity index (χ4v) is 1.08. The third-order valence-electron chi connectivity index (χ3n) is 1.78. The molecular formula is C9H9ClF2O. The molecule has 0 spiro atoms. The van der Waals surface area contributed by atoms with E-state index in [-0.39, 0.29) is 5.56 Å². The highest BCUT2D eigenvalue weighted by Gasteiger charge is 2.30. The van der Waals surface area contributed by atoms with E-state index in [1.54, 1.807) is 6.92 Å². The molecular weight excluding hydrogens is 198 g/mol. The largest absolute Gasteiger partial charge is 0.390 e. The maximum atomic E-state index is 12.9. The summed E-state index contributed by atoms with van der Waals surface area (Å²) < 4.78 is 25.8. The Hall–Kier alpha value is -0.670. The summed E-state index contributed by atoms with van der Waals surface area (Å²) in [5.41, 5.74) is 0.365. The van der Waals surface area contributed by atoms with Gasteiger partial charge in [-0.1, -0.05) is 17.7 Å². The van der Waals surface area contributed by atoms with Gasteiger partial charge in [0.15, 0.2) is 0 Å². The first-order valence-electron chi connectivity index (χ1n) is 3.72. The highest BCUT2D eigenvalue weighted by molar-refractivity contribution is 6.31. The molecule has 0 aliphatic rings. The minimum absolute atomic E-state index is 0.211. The van der Waals surface area contributed by atoms with E-state index in [2.05, 4.69) is 0 Å². The van der Waals surface area contributed by atoms with Crippen LogP contribution in [0, 0.1) is 6.92 Å². The standard InChI is InChI=1S/C9H9ClF2O/c1-6-4-7(2-3-8(6)10)9(11,12)5-13/h2-4,13H,5H2,1H3. The Kier molecular flexibility index (Phi) is 2.88. The number of aryl methyl sites for hydroxylation is 1. The van der Waals surface area contributed by atoms with E-state index in [1.165, 1.54) is 18.2 Å². The van der Waals surface area contributed by atoms with Gasteiger partial charge in [0.2, 0.25) is 0 Å². The molecule has 1 rings (SSSR count). The van der Waals surface area contributed by atoms with Gasteiger partial charge < -0.3 is 5.11 Å². The van der Waals surface area contributed by atoms with Gasteiger partial charge in [0.1, 0.15) is 6.61 Å². The molecule has 1 aromatic rings. The van der Waals surface area contributed by atoms with Crippen LogP contribution in [-0.2, 0) is 5.92 Å². The van der Waals surface area contributed by atoms with Crippen LogP contribution < -0.4 is 0 Å². The van der Waals surface area contributed by atoms with Crippen molar-refractivity contribution in [1.29, 1.82) is 0 Å². The van der Waals surface area contributed by atoms with Gasteiger partial charge in [0.05, 0.1) is 0 Å². The van der Waals surface area contributed by atoms with Gasteiger partial charge in [0.25, 0.3) is 5.92 Å². The van der Waals surface area contributed by atoms with Crippen LogP contribution in [0.3, 0.4) is 0 Å². The number of aliphatic hydroxyl groups is 1. The van der Waals surface area contributed by atoms with E-state index in [4.69, 9.17) is 16.7 Å². The summed E-state index contributed by atoms with van der Waals surface area (Å²) >= 11 is 5.67. The first-order valence-corrected chi connectivity index (χ1v) is 4.10. The van der Waals surface area contributed by atoms with E-state index >= 15 is 0 Å². The molecule has 72 valence electrons. The molecule has 13 heavy (non-hydrogen) atoms. The maximum absolute atomic E-state index is 12.9. The fraction of sp³-hybridized carbons (Fsp3) is 0.333. The highest BCUT2D eigenvalue weighted by atomic mass is 35.5. The normalized spacial score (nSPS) is 11.8. The van der Waals surface area contributed by atoms with Gasteiger partial charge >= 0.3 is 0 Å². The Balaban J connectivity index is 3.10. The highest BCUT2D eigenvalue weighted by Crippen LogP contribution is 2.29. The molecule has 4 heteroatoms. The SMILES string of the molecule is Cc1cc(C(F)(F)CO)ccc1Cl. The molecule has 0 bridgehead atoms. The lowest BCUT2D eigenvalue weighted by atomic mass is 10.1. The summed E-state index contributed by atoms with van der Waals surface area (Å²) in [6, 6.07) is 3.89. The predicted molar refractivity (Wildman–Crippen MR) is 47.2 cm³/mol. The molecule has 0 aliphatic carbocycles. The summed E-state index contributed by atoms with van der Waals surface area (Å²) in [5.74, 6) is -3.19. The predicted octanol–water partition coefficient (Wildman–Crippen LogP) is 2.73. The van der Waals surface area contributed by atoms with Gasteiger partial charge in [0, 0.05) is 10.6 Å². The van der Waals surface area contributed by atoms with Crippen molar-refractivity contribution in [2.24, 2.45) is 0 Å². The zero-order valence-electron chi connectivity index (χ0n) is 7.02. The van der Waals surface area contributed by atoms with Gasteiger partial charge in [-0.15, -0.1) is 0 Å². The van der Waals surface area contributed by atoms with Crippen molar-refractivity contribution in [1.82, 2.24) is 0 Å². The van der Waals surface area contributed by atoms with Crippen molar-refractivity contribution in [3.63, 3.8) is 0 Å². The summed E-state index contributed by atoms with van der Waals surface area (Å²) in [7, 11) is 0. The van der Waals surface area contributed by atoms with Gasteiger partial charge in [-0.25, -0.2) is 0 Å². The Labute approximate surface area is 80.0 Å². The van der Waals surface area contributed by atoms with Crippen molar-refractivity contribution in [2.45, 2.75) is 12.8 Å². The second-order valence-electron chi connectivity index (χ2n) is 2.83. The molecule has 0 heterocycles. The summed E-state index contributed by atoms with van der Waals surface area (Å²) in [6.07, 6.45) is 0. The Bertz CT molecular complexity index is 312. The Morgan fingerprint density at radius 2 is 2.08 bits per heavy atom. The molecule has 1 aromatic carbocycles. The van der Waals surface area contributed by atoms with E-state index < -0.39 is 12.5 Å². The molecule has 0 saturated heterocycles. The molecule has 0 fully saturated rings. The van der Waals surface area contributed by atoms with Crippen molar-refractivity contribution in [3.8, 4) is 0 Å². The molecule has 1 N–H and O–H groups in total. The van der Waals surface area contributed by atoms with Crippen molar-refractivity contribution >= 4 is 11.6 Å². The molecule has 0 unspecified atom stereocenters. The minimum Gasteiger partial charge on any atom is -0.390 e. The number of hydrogen-bond donors (Lipinski definition) is 1. The molecule has 0 amide bonds. The molecule has 0 aromatic heterocycles. The molecule has 1 nitrogen and oxygen atoms in total. The molecule has 0 radical (unpaired) electrons. The second-order valence-corrected chi connectivity index (χ2v) is 3.23. The number of benzene rings is 1. The van der Waals surface area contributed by atoms with Crippen molar-refractivity contribution in [2.75, 3.05) is 6.61 Å². The van der Waals surface area contributed by atoms with Crippen LogP contribution in [0.1, 0.15) is 11.1 Å². The number of hydrogen-bond acceptors (Lipinski definition) is 1. The zero-order chi connectivity index (χ0) is 10.1. The van der Waals surface area contributed by atoms with Crippen LogP contribution >= 0.6 is 11.6 Å². The summed E-state index contributed by atoms with van der Waals surface area (Å²) in [4.78, 5) is 0. The Morgan fingerprint density at radius 1 is 1.46 bits per heavy atom. The maximum Gasteiger partial charge on any atom is 0.295 e. The van der Waals surface area contributed by atoms with Crippen LogP contribution in [0.5, 0.6) is 0 Å². The van der Waals surface area contributed by atoms with E-state index in [1.807, 2.05) is 0 Å². The van der Waals surface area contributed by atoms with E-state index in [0.29, 0.717) is 10.6 Å². The molecule has 0 aliphatic heterocycles. The zero-order valence-corrected chi connectivity index (χ0v) is 7.78. The van der Waals surface area contributed by atoms with E-state index in [9.17, 15) is 8.78 Å². The van der Waals surface area contributed by atoms with Crippen molar-refractivity contribution < 1.29 is 13.9 Å². The van der Waals surface area contributed by atoms with Crippen LogP contribution in [0.25, 0.3) is 0 Å². The van der Waals surface area contributed by atoms with Crippen LogP contribution in [0.2, 0.25) is 5.02 Å². The minimum atomic E-state index is -3.19. The van der Waals surface area contributed by atoms with Crippen molar-refractivity contribution in [3.05, 3.63) is 34.3 Å². The van der Waals surface area contributed by atoms with Crippen LogP contribution in [0.4, 0.5) is 8.78 Å². The lowest BCUT2D eigenvalue weighted by Gasteiger charge is -2.14. The number of rotatable bonds is 2. The monoisotopic (exact) mass is 206 g/mol. The first kappa shape index (κ1) is 10.4. The fourth-order valence-electron chi connectivity index (χ4n) is 0.963. The number of aliphatic hydroxyl groups excluding tert-OH is 1. The third-order valence-corrected chi connectivity index (χ3v) is 2.20. The second kappa shape index (κ2) is 3.60. The first-order chi connectivity index (χ1) is 5.97. The molecule has 0 atom stereocenters. The number of halogens is 3. The summed E-state index contributed by atoms with van der Waals surface area (Å²) in [5, 5.41) is 8.87. The average Bonchev–Trinajstić information content (AvgIpc) is 2.09. The van der Waals surface area contributed by atoms with Gasteiger partial charge in [-0.2, -0.15) is 8.78 Å². The van der Waals surface area contributed by atoms with Gasteiger partial charge in [-0.3, -0.25) is 0 Å². The van der Waals surface area contributed by atoms with Crippen LogP contribution in [-0.4, -0.2) is 11.7 Å². The van der Waals surface area contributed by atoms with Gasteiger partial charge in [-0.05, 0) is 24.6 Å². The third kappa shape index (κ3) is 2.17. The quantitative estimate of drug-likeness (QED) is 0.789.